The van der Waals surface area contributed by atoms with Crippen molar-refractivity contribution in [2.45, 2.75) is 52.1 Å². The number of aliphatic hydroxyl groups is 1. The van der Waals surface area contributed by atoms with E-state index in [0.717, 1.165) is 44.2 Å². The summed E-state index contributed by atoms with van der Waals surface area (Å²) in [5.41, 5.74) is 3.42. The average molecular weight is 318 g/mol. The van der Waals surface area contributed by atoms with Gasteiger partial charge in [-0.2, -0.15) is 0 Å². The van der Waals surface area contributed by atoms with Gasteiger partial charge in [-0.1, -0.05) is 38.8 Å². The monoisotopic (exact) mass is 318 g/mol. The highest BCUT2D eigenvalue weighted by atomic mass is 16.3. The second-order valence-electron chi connectivity index (χ2n) is 6.59. The third kappa shape index (κ3) is 4.47. The number of benzene rings is 1. The van der Waals surface area contributed by atoms with Crippen molar-refractivity contribution in [3.05, 3.63) is 29.3 Å². The van der Waals surface area contributed by atoms with E-state index >= 15 is 0 Å². The fourth-order valence-electron chi connectivity index (χ4n) is 3.36. The summed E-state index contributed by atoms with van der Waals surface area (Å²) in [5.74, 6) is 0.152. The van der Waals surface area contributed by atoms with Crippen LogP contribution in [0.4, 0.5) is 5.69 Å². The normalized spacial score (nSPS) is 14.9. The molecule has 23 heavy (non-hydrogen) atoms. The number of nitrogens with one attached hydrogen (secondary N) is 1. The molecule has 1 amide bonds. The van der Waals surface area contributed by atoms with Crippen LogP contribution in [0, 0.1) is 5.92 Å². The van der Waals surface area contributed by atoms with Gasteiger partial charge in [0.25, 0.3) is 0 Å². The van der Waals surface area contributed by atoms with Gasteiger partial charge in [-0.15, -0.1) is 0 Å². The van der Waals surface area contributed by atoms with E-state index in [2.05, 4.69) is 43.2 Å². The summed E-state index contributed by atoms with van der Waals surface area (Å²) >= 11 is 0. The van der Waals surface area contributed by atoms with E-state index in [9.17, 15) is 9.90 Å². The first-order valence-corrected chi connectivity index (χ1v) is 8.86. The van der Waals surface area contributed by atoms with Crippen molar-refractivity contribution >= 4 is 11.6 Å². The predicted molar refractivity (Wildman–Crippen MR) is 94.7 cm³/mol. The summed E-state index contributed by atoms with van der Waals surface area (Å²) in [4.78, 5) is 14.5. The summed E-state index contributed by atoms with van der Waals surface area (Å²) in [6.45, 7) is 5.53. The smallest absolute Gasteiger partial charge is 0.223 e. The molecule has 1 aliphatic heterocycles. The molecule has 0 saturated heterocycles. The van der Waals surface area contributed by atoms with E-state index in [1.54, 1.807) is 0 Å². The molecule has 1 heterocycles. The summed E-state index contributed by atoms with van der Waals surface area (Å²) in [5, 5.41) is 13.3. The van der Waals surface area contributed by atoms with Gasteiger partial charge in [0.15, 0.2) is 0 Å². The number of aliphatic hydroxyl groups excluding tert-OH is 1. The van der Waals surface area contributed by atoms with E-state index < -0.39 is 6.10 Å². The molecule has 0 radical (unpaired) electrons. The molecule has 0 fully saturated rings. The number of amides is 1. The van der Waals surface area contributed by atoms with Crippen LogP contribution in [-0.4, -0.2) is 31.2 Å². The molecule has 0 spiro atoms. The van der Waals surface area contributed by atoms with Crippen LogP contribution in [0.3, 0.4) is 0 Å². The number of hydrogen-bond donors (Lipinski definition) is 2. The number of rotatable bonds is 8. The van der Waals surface area contributed by atoms with Crippen LogP contribution in [0.25, 0.3) is 0 Å². The second kappa shape index (κ2) is 8.34. The fraction of sp³-hybridized carbons (Fsp3) is 0.632. The summed E-state index contributed by atoms with van der Waals surface area (Å²) in [6.07, 6.45) is 4.24. The Labute approximate surface area is 139 Å². The molecule has 0 bridgehead atoms. The third-order valence-electron chi connectivity index (χ3n) is 4.73. The molecule has 0 aliphatic carbocycles. The standard InChI is InChI=1S/C19H30N2O2/c1-4-6-14(7-5-2)19(23)20-13-18(22)16-8-9-17-15(12-16)10-11-21(17)3/h8-9,12,14,18,22H,4-7,10-11,13H2,1-3H3,(H,20,23). The first-order chi connectivity index (χ1) is 11.1. The van der Waals surface area contributed by atoms with Crippen LogP contribution in [0.5, 0.6) is 0 Å². The third-order valence-corrected chi connectivity index (χ3v) is 4.73. The van der Waals surface area contributed by atoms with Crippen LogP contribution in [-0.2, 0) is 11.2 Å². The Bertz CT molecular complexity index is 524. The van der Waals surface area contributed by atoms with Crippen LogP contribution in [0.1, 0.15) is 56.8 Å². The van der Waals surface area contributed by atoms with E-state index in [1.165, 1.54) is 11.3 Å². The lowest BCUT2D eigenvalue weighted by Gasteiger charge is -2.18. The Morgan fingerprint density at radius 1 is 1.30 bits per heavy atom. The molecule has 1 aromatic rings. The molecule has 0 saturated carbocycles. The minimum atomic E-state index is -0.640. The topological polar surface area (TPSA) is 52.6 Å². The highest BCUT2D eigenvalue weighted by molar-refractivity contribution is 5.78. The maximum atomic E-state index is 12.3. The maximum absolute atomic E-state index is 12.3. The average Bonchev–Trinajstić information content (AvgIpc) is 2.92. The molecule has 2 N–H and O–H groups in total. The van der Waals surface area contributed by atoms with Crippen molar-refractivity contribution in [2.24, 2.45) is 5.92 Å². The number of likely N-dealkylation sites (N-methyl/N-ethyl adjacent to an activating group) is 1. The lowest BCUT2D eigenvalue weighted by atomic mass is 9.97. The fourth-order valence-corrected chi connectivity index (χ4v) is 3.36. The molecular formula is C19H30N2O2. The van der Waals surface area contributed by atoms with E-state index in [1.807, 2.05) is 6.07 Å². The van der Waals surface area contributed by atoms with Gasteiger partial charge < -0.3 is 15.3 Å². The van der Waals surface area contributed by atoms with Gasteiger partial charge in [0.05, 0.1) is 6.10 Å². The minimum absolute atomic E-state index is 0.0749. The number of hydrogen-bond acceptors (Lipinski definition) is 3. The summed E-state index contributed by atoms with van der Waals surface area (Å²) in [7, 11) is 2.09. The zero-order chi connectivity index (χ0) is 16.8. The highest BCUT2D eigenvalue weighted by Gasteiger charge is 2.20. The second-order valence-corrected chi connectivity index (χ2v) is 6.59. The number of anilines is 1. The van der Waals surface area contributed by atoms with Gasteiger partial charge in [-0.05, 0) is 36.5 Å². The first kappa shape index (κ1) is 17.8. The Kier molecular flexibility index (Phi) is 6.46. The van der Waals surface area contributed by atoms with E-state index in [4.69, 9.17) is 0 Å². The maximum Gasteiger partial charge on any atom is 0.223 e. The zero-order valence-corrected chi connectivity index (χ0v) is 14.6. The molecule has 1 unspecified atom stereocenters. The molecule has 2 rings (SSSR count). The quantitative estimate of drug-likeness (QED) is 0.774. The van der Waals surface area contributed by atoms with Crippen LogP contribution >= 0.6 is 0 Å². The SMILES string of the molecule is CCCC(CCC)C(=O)NCC(O)c1ccc2c(c1)CCN2C. The van der Waals surface area contributed by atoms with Gasteiger partial charge in [0.1, 0.15) is 0 Å². The van der Waals surface area contributed by atoms with Crippen molar-refractivity contribution in [3.63, 3.8) is 0 Å². The lowest BCUT2D eigenvalue weighted by Crippen LogP contribution is -2.33. The number of carbonyl (C=O) groups excluding carboxylic acids is 1. The molecule has 1 aromatic carbocycles. The van der Waals surface area contributed by atoms with E-state index in [0.29, 0.717) is 0 Å². The summed E-state index contributed by atoms with van der Waals surface area (Å²) < 4.78 is 0. The van der Waals surface area contributed by atoms with Crippen LogP contribution in [0.2, 0.25) is 0 Å². The van der Waals surface area contributed by atoms with Gasteiger partial charge >= 0.3 is 0 Å². The molecule has 4 heteroatoms. The van der Waals surface area contributed by atoms with Crippen LogP contribution in [0.15, 0.2) is 18.2 Å². The van der Waals surface area contributed by atoms with Crippen molar-refractivity contribution < 1.29 is 9.90 Å². The number of fused-ring (bicyclic) bond motifs is 1. The zero-order valence-electron chi connectivity index (χ0n) is 14.6. The Balaban J connectivity index is 1.91. The molecule has 128 valence electrons. The van der Waals surface area contributed by atoms with Crippen molar-refractivity contribution in [2.75, 3.05) is 25.0 Å². The number of carbonyl (C=O) groups is 1. The molecule has 1 aliphatic rings. The molecular weight excluding hydrogens is 288 g/mol. The minimum Gasteiger partial charge on any atom is -0.387 e. The number of nitrogens with zero attached hydrogens (tertiary/aromatic N) is 1. The highest BCUT2D eigenvalue weighted by Crippen LogP contribution is 2.29. The predicted octanol–water partition coefficient (Wildman–Crippen LogP) is 3.04. The molecule has 1 atom stereocenters. The van der Waals surface area contributed by atoms with Crippen LogP contribution < -0.4 is 10.2 Å². The van der Waals surface area contributed by atoms with Crippen molar-refractivity contribution in [1.82, 2.24) is 5.32 Å². The van der Waals surface area contributed by atoms with Gasteiger partial charge in [0.2, 0.25) is 5.91 Å². The Hall–Kier alpha value is -1.55. The van der Waals surface area contributed by atoms with Crippen molar-refractivity contribution in [1.29, 1.82) is 0 Å². The van der Waals surface area contributed by atoms with Gasteiger partial charge in [-0.25, -0.2) is 0 Å². The molecule has 0 aromatic heterocycles. The molecule has 4 nitrogen and oxygen atoms in total. The Morgan fingerprint density at radius 3 is 2.65 bits per heavy atom. The van der Waals surface area contributed by atoms with Gasteiger partial charge in [0, 0.05) is 31.7 Å². The lowest BCUT2D eigenvalue weighted by molar-refractivity contribution is -0.125. The summed E-state index contributed by atoms with van der Waals surface area (Å²) in [6, 6.07) is 6.11. The first-order valence-electron chi connectivity index (χ1n) is 8.86. The Morgan fingerprint density at radius 2 is 2.00 bits per heavy atom. The largest absolute Gasteiger partial charge is 0.387 e. The van der Waals surface area contributed by atoms with Gasteiger partial charge in [-0.3, -0.25) is 4.79 Å². The van der Waals surface area contributed by atoms with Crippen molar-refractivity contribution in [3.8, 4) is 0 Å². The van der Waals surface area contributed by atoms with E-state index in [-0.39, 0.29) is 18.4 Å².